The van der Waals surface area contributed by atoms with Crippen LogP contribution in [0.2, 0.25) is 5.02 Å². The molecule has 38 heavy (non-hydrogen) atoms. The lowest BCUT2D eigenvalue weighted by molar-refractivity contribution is -0.119. The molecule has 1 aromatic carbocycles. The fourth-order valence-corrected chi connectivity index (χ4v) is 6.28. The average Bonchev–Trinajstić information content (AvgIpc) is 3.53. The molecule has 1 fully saturated rings. The maximum absolute atomic E-state index is 14.2. The summed E-state index contributed by atoms with van der Waals surface area (Å²) in [6.45, 7) is 0.894. The van der Waals surface area contributed by atoms with Crippen molar-refractivity contribution < 1.29 is 23.5 Å². The first-order chi connectivity index (χ1) is 18.4. The average molecular weight is 557 g/mol. The van der Waals surface area contributed by atoms with Crippen LogP contribution in [0.4, 0.5) is 14.9 Å². The highest BCUT2D eigenvalue weighted by molar-refractivity contribution is 8.09. The van der Waals surface area contributed by atoms with Crippen LogP contribution in [-0.2, 0) is 16.1 Å². The van der Waals surface area contributed by atoms with Crippen LogP contribution < -0.4 is 9.64 Å². The number of amides is 3. The largest absolute Gasteiger partial charge is 0.494 e. The topological polar surface area (TPSA) is 114 Å². The summed E-state index contributed by atoms with van der Waals surface area (Å²) in [5.74, 6) is -1.04. The van der Waals surface area contributed by atoms with Crippen molar-refractivity contribution in [1.29, 1.82) is 5.26 Å². The number of benzene rings is 1. The number of halogens is 2. The van der Waals surface area contributed by atoms with Crippen LogP contribution in [-0.4, -0.2) is 70.3 Å². The Labute approximate surface area is 226 Å². The monoisotopic (exact) mass is 556 g/mol. The molecule has 0 aliphatic carbocycles. The molecule has 3 amide bonds. The Morgan fingerprint density at radius 3 is 2.76 bits per heavy atom. The second-order valence-electron chi connectivity index (χ2n) is 8.54. The molecule has 0 N–H and O–H groups in total. The van der Waals surface area contributed by atoms with Crippen LogP contribution in [0.5, 0.6) is 5.75 Å². The van der Waals surface area contributed by atoms with E-state index in [1.54, 1.807) is 30.3 Å². The first-order valence-corrected chi connectivity index (χ1v) is 12.9. The van der Waals surface area contributed by atoms with Crippen LogP contribution >= 0.6 is 23.4 Å². The molecule has 4 heterocycles. The quantitative estimate of drug-likeness (QED) is 0.408. The number of nitrogens with zero attached hydrogens (tertiary/aromatic N) is 6. The molecule has 0 radical (unpaired) electrons. The Balaban J connectivity index is 1.58. The van der Waals surface area contributed by atoms with E-state index < -0.39 is 29.0 Å². The van der Waals surface area contributed by atoms with Crippen LogP contribution in [0.1, 0.15) is 12.0 Å². The van der Waals surface area contributed by atoms with Crippen molar-refractivity contribution >= 4 is 56.8 Å². The van der Waals surface area contributed by atoms with Crippen molar-refractivity contribution in [3.05, 3.63) is 53.2 Å². The number of imide groups is 1. The highest BCUT2D eigenvalue weighted by Crippen LogP contribution is 2.48. The van der Waals surface area contributed by atoms with E-state index in [0.717, 1.165) is 11.0 Å². The van der Waals surface area contributed by atoms with Gasteiger partial charge in [-0.2, -0.15) is 10.4 Å². The van der Waals surface area contributed by atoms with Crippen molar-refractivity contribution in [3.63, 3.8) is 0 Å². The molecule has 196 valence electrons. The molecule has 2 aliphatic rings. The van der Waals surface area contributed by atoms with E-state index in [1.807, 2.05) is 0 Å². The van der Waals surface area contributed by atoms with E-state index in [-0.39, 0.29) is 23.7 Å². The minimum atomic E-state index is -0.723. The molecule has 10 nitrogen and oxygen atoms in total. The highest BCUT2D eigenvalue weighted by Gasteiger charge is 2.50. The standard InChI is InChI=1S/C25H22ClFN6O4S/c1-36-7-6-32-22-14(12-30-32)11-29-13-19(22)33-24(34)23-18(31(25(33)35)5-3-4-28)10-21(38-23)15-8-20(37-2)17(27)9-16(15)26/h8-13,18,23H,3,5-7H2,1-2H3. The Bertz CT molecular complexity index is 1500. The molecule has 5 rings (SSSR count). The first kappa shape index (κ1) is 26.0. The van der Waals surface area contributed by atoms with E-state index in [1.165, 1.54) is 36.0 Å². The number of anilines is 1. The molecule has 1 saturated heterocycles. The summed E-state index contributed by atoms with van der Waals surface area (Å²) in [5.41, 5.74) is 1.35. The molecule has 3 aromatic rings. The Morgan fingerprint density at radius 2 is 2.03 bits per heavy atom. The Kier molecular flexibility index (Phi) is 7.25. The van der Waals surface area contributed by atoms with Gasteiger partial charge >= 0.3 is 6.03 Å². The second kappa shape index (κ2) is 10.6. The molecule has 2 aliphatic heterocycles. The van der Waals surface area contributed by atoms with E-state index in [0.29, 0.717) is 40.2 Å². The molecule has 0 saturated carbocycles. The van der Waals surface area contributed by atoms with Crippen molar-refractivity contribution in [2.75, 3.05) is 32.3 Å². The van der Waals surface area contributed by atoms with Crippen molar-refractivity contribution in [2.45, 2.75) is 24.3 Å². The second-order valence-corrected chi connectivity index (χ2v) is 10.1. The van der Waals surface area contributed by atoms with Crippen LogP contribution in [0.3, 0.4) is 0 Å². The van der Waals surface area contributed by atoms with Gasteiger partial charge in [0.2, 0.25) is 0 Å². The smallest absolute Gasteiger partial charge is 0.332 e. The summed E-state index contributed by atoms with van der Waals surface area (Å²) in [7, 11) is 2.92. The van der Waals surface area contributed by atoms with Crippen molar-refractivity contribution in [3.8, 4) is 11.8 Å². The number of nitriles is 1. The predicted molar refractivity (Wildman–Crippen MR) is 140 cm³/mol. The SMILES string of the molecule is COCCn1ncc2cncc(N3C(=O)C4SC(c5cc(OC)c(F)cc5Cl)=CC4N(CCC#N)C3=O)c21. The number of hydrogen-bond donors (Lipinski definition) is 0. The maximum Gasteiger partial charge on any atom is 0.332 e. The van der Waals surface area contributed by atoms with Gasteiger partial charge in [0.25, 0.3) is 5.91 Å². The van der Waals surface area contributed by atoms with Crippen LogP contribution in [0.15, 0.2) is 36.8 Å². The van der Waals surface area contributed by atoms with Gasteiger partial charge in [-0.15, -0.1) is 11.8 Å². The molecule has 0 spiro atoms. The summed E-state index contributed by atoms with van der Waals surface area (Å²) in [6.07, 6.45) is 6.52. The first-order valence-electron chi connectivity index (χ1n) is 11.6. The summed E-state index contributed by atoms with van der Waals surface area (Å²) >= 11 is 7.59. The number of carbonyl (C=O) groups excluding carboxylic acids is 2. The van der Waals surface area contributed by atoms with Gasteiger partial charge in [-0.3, -0.25) is 14.5 Å². The van der Waals surface area contributed by atoms with Crippen LogP contribution in [0.25, 0.3) is 15.8 Å². The van der Waals surface area contributed by atoms with Gasteiger partial charge in [0, 0.05) is 35.7 Å². The number of urea groups is 1. The number of aromatic nitrogens is 3. The van der Waals surface area contributed by atoms with Gasteiger partial charge in [0.1, 0.15) is 5.25 Å². The number of methoxy groups -OCH3 is 2. The molecule has 0 bridgehead atoms. The molecule has 2 unspecified atom stereocenters. The van der Waals surface area contributed by atoms with Crippen LogP contribution in [0, 0.1) is 17.1 Å². The predicted octanol–water partition coefficient (Wildman–Crippen LogP) is 4.09. The summed E-state index contributed by atoms with van der Waals surface area (Å²) in [6, 6.07) is 3.49. The molecule has 2 atom stereocenters. The van der Waals surface area contributed by atoms with E-state index >= 15 is 0 Å². The highest BCUT2D eigenvalue weighted by atomic mass is 35.5. The minimum absolute atomic E-state index is 0.00760. The van der Waals surface area contributed by atoms with Gasteiger partial charge in [-0.25, -0.2) is 14.1 Å². The number of rotatable bonds is 8. The molecule has 2 aromatic heterocycles. The van der Waals surface area contributed by atoms with Gasteiger partial charge in [-0.1, -0.05) is 11.6 Å². The van der Waals surface area contributed by atoms with Gasteiger partial charge in [-0.05, 0) is 18.2 Å². The van der Waals surface area contributed by atoms with Gasteiger partial charge in [0.05, 0.1) is 67.4 Å². The number of pyridine rings is 1. The lowest BCUT2D eigenvalue weighted by atomic mass is 10.0. The van der Waals surface area contributed by atoms with E-state index in [9.17, 15) is 19.2 Å². The zero-order chi connectivity index (χ0) is 27.0. The maximum atomic E-state index is 14.2. The molecule has 13 heteroatoms. The number of fused-ring (bicyclic) bond motifs is 2. The molecular formula is C25H22ClFN6O4S. The zero-order valence-corrected chi connectivity index (χ0v) is 22.0. The Hall–Kier alpha value is -3.66. The number of ether oxygens (including phenoxy) is 2. The van der Waals surface area contributed by atoms with Gasteiger partial charge in [0.15, 0.2) is 11.6 Å². The number of hydrogen-bond acceptors (Lipinski definition) is 8. The fraction of sp³-hybridized carbons (Fsp3) is 0.320. The molecular weight excluding hydrogens is 535 g/mol. The third kappa shape index (κ3) is 4.36. The van der Waals surface area contributed by atoms with E-state index in [4.69, 9.17) is 21.1 Å². The van der Waals surface area contributed by atoms with E-state index in [2.05, 4.69) is 16.2 Å². The van der Waals surface area contributed by atoms with Crippen molar-refractivity contribution in [2.24, 2.45) is 0 Å². The zero-order valence-electron chi connectivity index (χ0n) is 20.4. The number of carbonyl (C=O) groups is 2. The third-order valence-electron chi connectivity index (χ3n) is 6.39. The van der Waals surface area contributed by atoms with Gasteiger partial charge < -0.3 is 14.4 Å². The third-order valence-corrected chi connectivity index (χ3v) is 8.04. The number of thioether (sulfide) groups is 1. The lowest BCUT2D eigenvalue weighted by Crippen LogP contribution is -2.62. The Morgan fingerprint density at radius 1 is 1.21 bits per heavy atom. The lowest BCUT2D eigenvalue weighted by Gasteiger charge is -2.40. The minimum Gasteiger partial charge on any atom is -0.494 e. The normalized spacial score (nSPS) is 19.1. The summed E-state index contributed by atoms with van der Waals surface area (Å²) in [4.78, 5) is 35.2. The summed E-state index contributed by atoms with van der Waals surface area (Å²) in [5, 5.41) is 13.7. The summed E-state index contributed by atoms with van der Waals surface area (Å²) < 4.78 is 26.1. The van der Waals surface area contributed by atoms with Crippen molar-refractivity contribution in [1.82, 2.24) is 19.7 Å². The fourth-order valence-electron chi connectivity index (χ4n) is 4.61.